The lowest BCUT2D eigenvalue weighted by Crippen LogP contribution is -2.43. The van der Waals surface area contributed by atoms with Crippen LogP contribution < -0.4 is 0 Å². The number of ether oxygens (including phenoxy) is 4. The average Bonchev–Trinajstić information content (AvgIpc) is 2.48. The first kappa shape index (κ1) is 20.6. The van der Waals surface area contributed by atoms with Crippen LogP contribution in [0.5, 0.6) is 0 Å². The molecule has 0 amide bonds. The number of carbonyl (C=O) groups excluding carboxylic acids is 1. The number of methoxy groups -OCH3 is 3. The van der Waals surface area contributed by atoms with Gasteiger partial charge >= 0.3 is 5.97 Å². The van der Waals surface area contributed by atoms with E-state index in [0.717, 1.165) is 0 Å². The van der Waals surface area contributed by atoms with E-state index in [-0.39, 0.29) is 11.9 Å². The van der Waals surface area contributed by atoms with Crippen LogP contribution in [0.1, 0.15) is 27.2 Å². The van der Waals surface area contributed by atoms with E-state index >= 15 is 0 Å². The molecule has 0 aliphatic rings. The molecule has 0 radical (unpaired) electrons. The van der Waals surface area contributed by atoms with Crippen LogP contribution in [-0.2, 0) is 23.7 Å². The van der Waals surface area contributed by atoms with Crippen molar-refractivity contribution < 1.29 is 23.7 Å². The summed E-state index contributed by atoms with van der Waals surface area (Å²) in [6, 6.07) is 0. The maximum absolute atomic E-state index is 11.5. The fraction of sp³-hybridized carbons (Fsp3) is 0.800. The van der Waals surface area contributed by atoms with Gasteiger partial charge in [0.05, 0.1) is 17.5 Å². The number of carbonyl (C=O) groups is 1. The van der Waals surface area contributed by atoms with Crippen molar-refractivity contribution in [2.45, 2.75) is 38.6 Å². The first-order chi connectivity index (χ1) is 9.80. The summed E-state index contributed by atoms with van der Waals surface area (Å²) in [5, 5.41) is 0.510. The number of esters is 1. The fourth-order valence-electron chi connectivity index (χ4n) is 1.83. The number of hydrogen-bond donors (Lipinski definition) is 0. The normalized spacial score (nSPS) is 14.4. The van der Waals surface area contributed by atoms with Gasteiger partial charge in [-0.3, -0.25) is 0 Å². The molecule has 0 rings (SSSR count). The summed E-state index contributed by atoms with van der Waals surface area (Å²) < 4.78 is 21.4. The molecule has 0 N–H and O–H groups in total. The molecule has 0 aromatic heterocycles. The zero-order valence-electron chi connectivity index (χ0n) is 13.8. The van der Waals surface area contributed by atoms with Gasteiger partial charge in [-0.05, 0) is 20.8 Å². The van der Waals surface area contributed by atoms with Crippen molar-refractivity contribution in [3.8, 4) is 0 Å². The Kier molecular flexibility index (Phi) is 9.36. The van der Waals surface area contributed by atoms with Gasteiger partial charge in [-0.2, -0.15) is 0 Å². The third-order valence-electron chi connectivity index (χ3n) is 3.65. The number of halogens is 1. The zero-order valence-corrected chi connectivity index (χ0v) is 15.4. The third kappa shape index (κ3) is 6.46. The van der Waals surface area contributed by atoms with Gasteiger partial charge in [-0.25, -0.2) is 4.79 Å². The van der Waals surface area contributed by atoms with Crippen LogP contribution in [0.4, 0.5) is 0 Å². The van der Waals surface area contributed by atoms with Crippen LogP contribution >= 0.6 is 15.9 Å². The lowest BCUT2D eigenvalue weighted by molar-refractivity contribution is -0.206. The third-order valence-corrected chi connectivity index (χ3v) is 4.50. The van der Waals surface area contributed by atoms with Gasteiger partial charge in [0.25, 0.3) is 0 Å². The van der Waals surface area contributed by atoms with Crippen molar-refractivity contribution in [3.05, 3.63) is 12.2 Å². The van der Waals surface area contributed by atoms with E-state index in [1.807, 2.05) is 13.8 Å². The number of alkyl halides is 1. The summed E-state index contributed by atoms with van der Waals surface area (Å²) in [5.41, 5.74) is -0.479. The second-order valence-electron chi connectivity index (χ2n) is 5.18. The van der Waals surface area contributed by atoms with E-state index in [1.54, 1.807) is 34.3 Å². The predicted molar refractivity (Wildman–Crippen MR) is 85.5 cm³/mol. The molecule has 1 unspecified atom stereocenters. The zero-order chi connectivity index (χ0) is 16.5. The molecule has 0 bridgehead atoms. The minimum absolute atomic E-state index is 0.0932. The van der Waals surface area contributed by atoms with Crippen LogP contribution in [0.25, 0.3) is 0 Å². The van der Waals surface area contributed by atoms with E-state index in [1.165, 1.54) is 6.08 Å². The molecule has 0 heterocycles. The van der Waals surface area contributed by atoms with Crippen molar-refractivity contribution in [1.82, 2.24) is 0 Å². The highest BCUT2D eigenvalue weighted by atomic mass is 79.9. The number of hydrogen-bond acceptors (Lipinski definition) is 5. The van der Waals surface area contributed by atoms with Gasteiger partial charge in [0.1, 0.15) is 0 Å². The largest absolute Gasteiger partial charge is 0.463 e. The quantitative estimate of drug-likeness (QED) is 0.257. The fourth-order valence-corrected chi connectivity index (χ4v) is 2.52. The Balaban J connectivity index is 5.21. The lowest BCUT2D eigenvalue weighted by atomic mass is 9.84. The van der Waals surface area contributed by atoms with Crippen LogP contribution in [0.3, 0.4) is 0 Å². The minimum Gasteiger partial charge on any atom is -0.463 e. The van der Waals surface area contributed by atoms with Crippen molar-refractivity contribution in [1.29, 1.82) is 0 Å². The molecular formula is C15H27BrO5. The van der Waals surface area contributed by atoms with E-state index in [2.05, 4.69) is 15.9 Å². The second kappa shape index (κ2) is 9.56. The van der Waals surface area contributed by atoms with E-state index in [4.69, 9.17) is 18.9 Å². The molecule has 0 saturated carbocycles. The molecule has 0 fully saturated rings. The van der Waals surface area contributed by atoms with Crippen LogP contribution in [0.2, 0.25) is 0 Å². The molecule has 6 heteroatoms. The molecule has 1 atom stereocenters. The topological polar surface area (TPSA) is 54.0 Å². The highest BCUT2D eigenvalue weighted by Crippen LogP contribution is 2.33. The maximum Gasteiger partial charge on any atom is 0.330 e. The number of rotatable bonds is 10. The molecule has 0 aliphatic carbocycles. The Hall–Kier alpha value is -0.430. The predicted octanol–water partition coefficient (Wildman–Crippen LogP) is 2.92. The summed E-state index contributed by atoms with van der Waals surface area (Å²) in [4.78, 5) is 11.5. The minimum atomic E-state index is -0.778. The highest BCUT2D eigenvalue weighted by Gasteiger charge is 2.38. The molecule has 21 heavy (non-hydrogen) atoms. The summed E-state index contributed by atoms with van der Waals surface area (Å²) in [7, 11) is 4.83. The van der Waals surface area contributed by atoms with E-state index < -0.39 is 11.4 Å². The molecule has 0 aliphatic heterocycles. The van der Waals surface area contributed by atoms with Gasteiger partial charge in [-0.1, -0.05) is 22.0 Å². The van der Waals surface area contributed by atoms with Gasteiger partial charge in [-0.15, -0.1) is 0 Å². The molecule has 0 saturated heterocycles. The maximum atomic E-state index is 11.5. The van der Waals surface area contributed by atoms with E-state index in [9.17, 15) is 4.79 Å². The van der Waals surface area contributed by atoms with Crippen molar-refractivity contribution in [3.63, 3.8) is 0 Å². The van der Waals surface area contributed by atoms with Crippen LogP contribution in [0, 0.1) is 5.92 Å². The first-order valence-corrected chi connectivity index (χ1v) is 7.99. The molecule has 124 valence electrons. The second-order valence-corrected chi connectivity index (χ2v) is 5.74. The van der Waals surface area contributed by atoms with E-state index in [0.29, 0.717) is 18.4 Å². The Bertz CT molecular complexity index is 329. The summed E-state index contributed by atoms with van der Waals surface area (Å²) in [5.74, 6) is -1.24. The Morgan fingerprint density at radius 3 is 2.14 bits per heavy atom. The summed E-state index contributed by atoms with van der Waals surface area (Å²) >= 11 is 3.41. The Labute approximate surface area is 136 Å². The van der Waals surface area contributed by atoms with Crippen molar-refractivity contribution >= 4 is 21.9 Å². The smallest absolute Gasteiger partial charge is 0.330 e. The summed E-state index contributed by atoms with van der Waals surface area (Å²) in [6.45, 7) is 6.03. The van der Waals surface area contributed by atoms with Crippen LogP contribution in [0.15, 0.2) is 12.2 Å². The molecule has 0 aromatic carbocycles. The first-order valence-electron chi connectivity index (χ1n) is 6.87. The van der Waals surface area contributed by atoms with Crippen molar-refractivity contribution in [2.24, 2.45) is 5.92 Å². The monoisotopic (exact) mass is 366 g/mol. The lowest BCUT2D eigenvalue weighted by Gasteiger charge is -2.38. The van der Waals surface area contributed by atoms with Crippen molar-refractivity contribution in [2.75, 3.05) is 33.3 Å². The Morgan fingerprint density at radius 2 is 1.76 bits per heavy atom. The van der Waals surface area contributed by atoms with Gasteiger partial charge in [0.15, 0.2) is 5.79 Å². The standard InChI is InChI=1S/C15H27BrO5/c1-7-21-13(17)9-8-12(14(2,3)18-4)10-15(11-16,19-5)20-6/h8-9,12H,7,10-11H2,1-6H3/b9-8+. The Morgan fingerprint density at radius 1 is 1.19 bits per heavy atom. The molecular weight excluding hydrogens is 340 g/mol. The highest BCUT2D eigenvalue weighted by molar-refractivity contribution is 9.09. The van der Waals surface area contributed by atoms with Gasteiger partial charge < -0.3 is 18.9 Å². The van der Waals surface area contributed by atoms with Gasteiger partial charge in [0, 0.05) is 39.7 Å². The van der Waals surface area contributed by atoms with Gasteiger partial charge in [0.2, 0.25) is 0 Å². The molecule has 5 nitrogen and oxygen atoms in total. The molecule has 0 aromatic rings. The van der Waals surface area contributed by atoms with Crippen LogP contribution in [-0.4, -0.2) is 50.6 Å². The molecule has 0 spiro atoms. The summed E-state index contributed by atoms with van der Waals surface area (Å²) in [6.07, 6.45) is 3.75. The SMILES string of the molecule is CCOC(=O)/C=C/C(CC(CBr)(OC)OC)C(C)(C)OC. The average molecular weight is 367 g/mol.